The number of rotatable bonds is 11. The van der Waals surface area contributed by atoms with Crippen LogP contribution in [-0.4, -0.2) is 20.3 Å². The Hall–Kier alpha value is -2.43. The van der Waals surface area contributed by atoms with Crippen molar-refractivity contribution in [1.82, 2.24) is 14.5 Å². The van der Waals surface area contributed by atoms with E-state index >= 15 is 0 Å². The topological polar surface area (TPSA) is 73.8 Å². The van der Waals surface area contributed by atoms with Crippen LogP contribution >= 0.6 is 0 Å². The Labute approximate surface area is 167 Å². The molecule has 0 aliphatic rings. The van der Waals surface area contributed by atoms with Crippen molar-refractivity contribution < 1.29 is 4.79 Å². The molecule has 0 spiro atoms. The monoisotopic (exact) mass is 380 g/mol. The number of unbranched alkanes of at least 4 members (excludes halogenated alkanes) is 3. The number of pyridine rings is 1. The highest BCUT2D eigenvalue weighted by Gasteiger charge is 2.16. The smallest absolute Gasteiger partial charge is 0.152 e. The summed E-state index contributed by atoms with van der Waals surface area (Å²) in [6.07, 6.45) is 8.71. The second-order valence-corrected chi connectivity index (χ2v) is 7.59. The van der Waals surface area contributed by atoms with Crippen molar-refractivity contribution in [3.05, 3.63) is 30.1 Å². The van der Waals surface area contributed by atoms with Crippen molar-refractivity contribution in [2.45, 2.75) is 78.2 Å². The molecule has 2 heterocycles. The van der Waals surface area contributed by atoms with Gasteiger partial charge < -0.3 is 10.3 Å². The normalized spacial score (nSPS) is 11.5. The third kappa shape index (κ3) is 4.51. The summed E-state index contributed by atoms with van der Waals surface area (Å²) in [6.45, 7) is 5.14. The minimum absolute atomic E-state index is 0.378. The van der Waals surface area contributed by atoms with Gasteiger partial charge in [-0.05, 0) is 25.3 Å². The number of para-hydroxylation sites is 1. The Bertz CT molecular complexity index is 945. The van der Waals surface area contributed by atoms with Crippen molar-refractivity contribution >= 4 is 33.5 Å². The summed E-state index contributed by atoms with van der Waals surface area (Å²) < 4.78 is 2.27. The number of carbonyl (C=O) groups excluding carboxylic acids is 1. The van der Waals surface area contributed by atoms with Gasteiger partial charge in [-0.2, -0.15) is 0 Å². The van der Waals surface area contributed by atoms with Crippen LogP contribution in [0.3, 0.4) is 0 Å². The number of carbonyl (C=O) groups is 1. The number of fused-ring (bicyclic) bond motifs is 3. The summed E-state index contributed by atoms with van der Waals surface area (Å²) in [5.41, 5.74) is 8.95. The van der Waals surface area contributed by atoms with Crippen LogP contribution in [0.15, 0.2) is 24.3 Å². The van der Waals surface area contributed by atoms with E-state index in [-0.39, 0.29) is 0 Å². The van der Waals surface area contributed by atoms with E-state index in [1.807, 2.05) is 18.2 Å². The molecule has 2 aromatic heterocycles. The number of aromatic nitrogens is 3. The van der Waals surface area contributed by atoms with Gasteiger partial charge in [0.15, 0.2) is 5.82 Å². The number of imidazole rings is 1. The van der Waals surface area contributed by atoms with Crippen LogP contribution in [0.2, 0.25) is 0 Å². The lowest BCUT2D eigenvalue weighted by Crippen LogP contribution is -2.07. The highest BCUT2D eigenvalue weighted by molar-refractivity contribution is 6.06. The molecular weight excluding hydrogens is 348 g/mol. The first-order valence-corrected chi connectivity index (χ1v) is 10.7. The summed E-state index contributed by atoms with van der Waals surface area (Å²) in [7, 11) is 0. The minimum Gasteiger partial charge on any atom is -0.382 e. The quantitative estimate of drug-likeness (QED) is 0.450. The number of Topliss-reactive ketones (excluding diaryl/α,β-unsaturated/α-hetero) is 1. The molecule has 0 saturated heterocycles. The molecule has 2 N–H and O–H groups in total. The molecule has 0 unspecified atom stereocenters. The van der Waals surface area contributed by atoms with E-state index in [4.69, 9.17) is 10.7 Å². The van der Waals surface area contributed by atoms with Crippen LogP contribution in [0.4, 0.5) is 5.82 Å². The van der Waals surface area contributed by atoms with Crippen molar-refractivity contribution in [3.8, 4) is 0 Å². The Morgan fingerprint density at radius 3 is 2.57 bits per heavy atom. The molecule has 0 radical (unpaired) electrons. The Morgan fingerprint density at radius 1 is 1.00 bits per heavy atom. The summed E-state index contributed by atoms with van der Waals surface area (Å²) in [5.74, 6) is 1.90. The number of anilines is 1. The summed E-state index contributed by atoms with van der Waals surface area (Å²) in [5, 5.41) is 1.08. The first kappa shape index (κ1) is 20.3. The Kier molecular flexibility index (Phi) is 7.01. The van der Waals surface area contributed by atoms with E-state index in [0.29, 0.717) is 24.4 Å². The molecule has 0 aliphatic heterocycles. The van der Waals surface area contributed by atoms with Crippen LogP contribution in [0.25, 0.3) is 21.9 Å². The Balaban J connectivity index is 1.81. The van der Waals surface area contributed by atoms with E-state index in [9.17, 15) is 4.79 Å². The number of ketones is 1. The van der Waals surface area contributed by atoms with E-state index < -0.39 is 0 Å². The highest BCUT2D eigenvalue weighted by Crippen LogP contribution is 2.29. The number of hydrogen-bond acceptors (Lipinski definition) is 4. The molecule has 0 atom stereocenters. The number of aryl methyl sites for hydroxylation is 2. The fraction of sp³-hybridized carbons (Fsp3) is 0.522. The maximum absolute atomic E-state index is 12.2. The number of nitrogens with zero attached hydrogens (tertiary/aromatic N) is 3. The van der Waals surface area contributed by atoms with Gasteiger partial charge in [-0.25, -0.2) is 9.97 Å². The zero-order valence-corrected chi connectivity index (χ0v) is 17.2. The Morgan fingerprint density at radius 2 is 1.79 bits per heavy atom. The standard InChI is InChI=1S/C23H32N4O/c1-3-5-6-7-12-17(28)13-10-16-27-20(11-4-2)26-21-22(27)18-14-8-9-15-19(18)25-23(21)24/h8-9,14-15H,3-7,10-13,16H2,1-2H3,(H2,24,25). The van der Waals surface area contributed by atoms with Crippen LogP contribution in [0, 0.1) is 0 Å². The van der Waals surface area contributed by atoms with Gasteiger partial charge in [0.2, 0.25) is 0 Å². The number of hydrogen-bond donors (Lipinski definition) is 1. The summed E-state index contributed by atoms with van der Waals surface area (Å²) in [6, 6.07) is 8.07. The molecule has 5 nitrogen and oxygen atoms in total. The van der Waals surface area contributed by atoms with Crippen molar-refractivity contribution in [2.75, 3.05) is 5.73 Å². The van der Waals surface area contributed by atoms with Crippen LogP contribution in [-0.2, 0) is 17.8 Å². The molecule has 5 heteroatoms. The molecule has 3 aromatic rings. The molecule has 0 fully saturated rings. The van der Waals surface area contributed by atoms with E-state index in [2.05, 4.69) is 29.5 Å². The fourth-order valence-corrected chi connectivity index (χ4v) is 3.87. The second kappa shape index (κ2) is 9.67. The number of nitrogen functional groups attached to an aromatic ring is 1. The molecule has 0 aliphatic carbocycles. The average molecular weight is 381 g/mol. The molecule has 0 amide bonds. The van der Waals surface area contributed by atoms with Gasteiger partial charge in [0.1, 0.15) is 17.1 Å². The summed E-state index contributed by atoms with van der Waals surface area (Å²) in [4.78, 5) is 21.6. The first-order valence-electron chi connectivity index (χ1n) is 10.7. The number of benzene rings is 1. The molecule has 0 saturated carbocycles. The lowest BCUT2D eigenvalue weighted by molar-refractivity contribution is -0.119. The highest BCUT2D eigenvalue weighted by atomic mass is 16.1. The maximum Gasteiger partial charge on any atom is 0.152 e. The van der Waals surface area contributed by atoms with Crippen LogP contribution < -0.4 is 5.73 Å². The van der Waals surface area contributed by atoms with Gasteiger partial charge in [-0.15, -0.1) is 0 Å². The van der Waals surface area contributed by atoms with Gasteiger partial charge in [0.05, 0.1) is 11.0 Å². The average Bonchev–Trinajstić information content (AvgIpc) is 3.05. The van der Waals surface area contributed by atoms with Crippen molar-refractivity contribution in [3.63, 3.8) is 0 Å². The van der Waals surface area contributed by atoms with Crippen LogP contribution in [0.1, 0.15) is 71.0 Å². The predicted octanol–water partition coefficient (Wildman–Crippen LogP) is 5.44. The molecule has 0 bridgehead atoms. The summed E-state index contributed by atoms with van der Waals surface area (Å²) >= 11 is 0. The second-order valence-electron chi connectivity index (χ2n) is 7.59. The lowest BCUT2D eigenvalue weighted by atomic mass is 10.1. The molecule has 1 aromatic carbocycles. The van der Waals surface area contributed by atoms with E-state index in [0.717, 1.165) is 66.4 Å². The van der Waals surface area contributed by atoms with Crippen molar-refractivity contribution in [2.24, 2.45) is 0 Å². The maximum atomic E-state index is 12.2. The predicted molar refractivity (Wildman–Crippen MR) is 116 cm³/mol. The third-order valence-corrected chi connectivity index (χ3v) is 5.31. The van der Waals surface area contributed by atoms with E-state index in [1.165, 1.54) is 12.8 Å². The molecule has 3 rings (SSSR count). The van der Waals surface area contributed by atoms with Gasteiger partial charge in [0.25, 0.3) is 0 Å². The first-order chi connectivity index (χ1) is 13.7. The van der Waals surface area contributed by atoms with Gasteiger partial charge >= 0.3 is 0 Å². The fourth-order valence-electron chi connectivity index (χ4n) is 3.87. The molecule has 28 heavy (non-hydrogen) atoms. The van der Waals surface area contributed by atoms with Crippen LogP contribution in [0.5, 0.6) is 0 Å². The third-order valence-electron chi connectivity index (χ3n) is 5.31. The molecule has 150 valence electrons. The van der Waals surface area contributed by atoms with Gasteiger partial charge in [-0.1, -0.05) is 51.3 Å². The van der Waals surface area contributed by atoms with Gasteiger partial charge in [-0.3, -0.25) is 4.79 Å². The van der Waals surface area contributed by atoms with Crippen molar-refractivity contribution in [1.29, 1.82) is 0 Å². The lowest BCUT2D eigenvalue weighted by Gasteiger charge is -2.10. The number of nitrogens with two attached hydrogens (primary N) is 1. The van der Waals surface area contributed by atoms with Gasteiger partial charge in [0, 0.05) is 31.2 Å². The largest absolute Gasteiger partial charge is 0.382 e. The SMILES string of the molecule is CCCCCCC(=O)CCCn1c(CCC)nc2c(N)nc3ccccc3c21. The zero-order chi connectivity index (χ0) is 19.9. The minimum atomic E-state index is 0.378. The molecular formula is C23H32N4O. The van der Waals surface area contributed by atoms with E-state index in [1.54, 1.807) is 0 Å². The zero-order valence-electron chi connectivity index (χ0n) is 17.2.